The summed E-state index contributed by atoms with van der Waals surface area (Å²) in [5.41, 5.74) is -0.211. The molecule has 3 aromatic rings. The van der Waals surface area contributed by atoms with Gasteiger partial charge >= 0.3 is 6.18 Å². The van der Waals surface area contributed by atoms with Crippen LogP contribution in [-0.2, 0) is 6.18 Å². The van der Waals surface area contributed by atoms with Gasteiger partial charge in [0.1, 0.15) is 22.7 Å². The first kappa shape index (κ1) is 28.1. The molecule has 1 fully saturated rings. The number of hydrogen-bond acceptors (Lipinski definition) is 6. The lowest BCUT2D eigenvalue weighted by atomic mass is 9.82. The van der Waals surface area contributed by atoms with Crippen LogP contribution in [0.3, 0.4) is 0 Å². The van der Waals surface area contributed by atoms with Crippen molar-refractivity contribution in [2.75, 3.05) is 11.9 Å². The number of fused-ring (bicyclic) bond motifs is 1. The maximum absolute atomic E-state index is 13.2. The van der Waals surface area contributed by atoms with Crippen LogP contribution < -0.4 is 9.74 Å². The summed E-state index contributed by atoms with van der Waals surface area (Å²) in [6.07, 6.45) is -1.17. The molecule has 38 heavy (non-hydrogen) atoms. The van der Waals surface area contributed by atoms with Crippen molar-refractivity contribution in [1.29, 1.82) is 0 Å². The second kappa shape index (κ2) is 10.3. The molecular formula is C27H34F3N3O4Si. The van der Waals surface area contributed by atoms with Gasteiger partial charge in [-0.15, -0.1) is 0 Å². The zero-order valence-electron chi connectivity index (χ0n) is 22.3. The van der Waals surface area contributed by atoms with Gasteiger partial charge in [-0.05, 0) is 61.9 Å². The molecule has 1 aliphatic rings. The van der Waals surface area contributed by atoms with Crippen molar-refractivity contribution in [2.45, 2.75) is 76.7 Å². The van der Waals surface area contributed by atoms with Crippen LogP contribution in [-0.4, -0.2) is 35.9 Å². The van der Waals surface area contributed by atoms with Crippen molar-refractivity contribution in [1.82, 2.24) is 9.97 Å². The molecule has 1 aliphatic carbocycles. The van der Waals surface area contributed by atoms with Crippen molar-refractivity contribution < 1.29 is 31.9 Å². The molecule has 1 aromatic carbocycles. The predicted molar refractivity (Wildman–Crippen MR) is 141 cm³/mol. The number of aliphatic hydroxyl groups is 1. The van der Waals surface area contributed by atoms with E-state index in [-0.39, 0.29) is 28.9 Å². The van der Waals surface area contributed by atoms with Gasteiger partial charge in [0.15, 0.2) is 11.5 Å². The highest BCUT2D eigenvalue weighted by Crippen LogP contribution is 2.42. The summed E-state index contributed by atoms with van der Waals surface area (Å²) in [5, 5.41) is 12.0. The van der Waals surface area contributed by atoms with Crippen molar-refractivity contribution in [3.05, 3.63) is 47.6 Å². The Morgan fingerprint density at radius 2 is 1.82 bits per heavy atom. The van der Waals surface area contributed by atoms with Gasteiger partial charge in [-0.2, -0.15) is 13.2 Å². The zero-order chi connectivity index (χ0) is 27.9. The average Bonchev–Trinajstić information content (AvgIpc) is 3.25. The second-order valence-electron chi connectivity index (χ2n) is 11.5. The summed E-state index contributed by atoms with van der Waals surface area (Å²) in [7, 11) is -2.36. The fraction of sp³-hybridized carbons (Fsp3) is 0.519. The van der Waals surface area contributed by atoms with E-state index in [1.165, 1.54) is 6.07 Å². The van der Waals surface area contributed by atoms with E-state index in [1.807, 2.05) is 0 Å². The van der Waals surface area contributed by atoms with Gasteiger partial charge in [-0.3, -0.25) is 4.79 Å². The van der Waals surface area contributed by atoms with Crippen LogP contribution in [0.5, 0.6) is 5.75 Å². The largest absolute Gasteiger partial charge is 0.542 e. The molecule has 206 valence electrons. The number of nitrogens with one attached hydrogen (secondary N) is 1. The number of aromatic nitrogens is 2. The number of carbonyl (C=O) groups is 1. The van der Waals surface area contributed by atoms with Crippen LogP contribution in [0.1, 0.15) is 74.4 Å². The minimum absolute atomic E-state index is 0.127. The number of aliphatic hydroxyl groups excluding tert-OH is 1. The van der Waals surface area contributed by atoms with E-state index in [2.05, 4.69) is 44.2 Å². The van der Waals surface area contributed by atoms with Crippen molar-refractivity contribution >= 4 is 31.0 Å². The molecule has 0 unspecified atom stereocenters. The summed E-state index contributed by atoms with van der Waals surface area (Å²) in [4.78, 5) is 21.2. The lowest BCUT2D eigenvalue weighted by Crippen LogP contribution is -2.44. The first-order valence-corrected chi connectivity index (χ1v) is 15.7. The normalized spacial score (nSPS) is 19.0. The van der Waals surface area contributed by atoms with E-state index >= 15 is 0 Å². The number of rotatable bonds is 6. The van der Waals surface area contributed by atoms with Gasteiger partial charge < -0.3 is 19.3 Å². The Morgan fingerprint density at radius 1 is 1.13 bits per heavy atom. The molecule has 1 amide bonds. The highest BCUT2D eigenvalue weighted by atomic mass is 28.4. The Bertz CT molecular complexity index is 1310. The fourth-order valence-electron chi connectivity index (χ4n) is 4.25. The Labute approximate surface area is 220 Å². The topological polar surface area (TPSA) is 97.5 Å². The second-order valence-corrected chi connectivity index (χ2v) is 16.2. The molecular weight excluding hydrogens is 515 g/mol. The molecule has 7 nitrogen and oxygen atoms in total. The monoisotopic (exact) mass is 549 g/mol. The SMILES string of the molecule is CC(C)(C)[Si](C)(C)Oc1cc2nc(C3CCC(CO)CC3)oc2cc1NC(=O)c1cccc(C(F)(F)F)n1. The molecule has 2 heterocycles. The summed E-state index contributed by atoms with van der Waals surface area (Å²) >= 11 is 0. The number of anilines is 1. The predicted octanol–water partition coefficient (Wildman–Crippen LogP) is 7.14. The van der Waals surface area contributed by atoms with Gasteiger partial charge in [-0.25, -0.2) is 9.97 Å². The molecule has 0 bridgehead atoms. The van der Waals surface area contributed by atoms with Crippen LogP contribution in [0.2, 0.25) is 18.1 Å². The molecule has 0 saturated heterocycles. The molecule has 0 radical (unpaired) electrons. The highest BCUT2D eigenvalue weighted by molar-refractivity contribution is 6.74. The minimum Gasteiger partial charge on any atom is -0.542 e. The van der Waals surface area contributed by atoms with Gasteiger partial charge in [0.05, 0.1) is 5.69 Å². The molecule has 11 heteroatoms. The number of pyridine rings is 1. The lowest BCUT2D eigenvalue weighted by Gasteiger charge is -2.37. The van der Waals surface area contributed by atoms with Crippen molar-refractivity contribution in [2.24, 2.45) is 5.92 Å². The number of oxazole rings is 1. The third-order valence-corrected chi connectivity index (χ3v) is 12.0. The van der Waals surface area contributed by atoms with E-state index in [9.17, 15) is 23.1 Å². The third-order valence-electron chi connectivity index (χ3n) is 7.65. The maximum atomic E-state index is 13.2. The number of halogens is 3. The third kappa shape index (κ3) is 6.04. The van der Waals surface area contributed by atoms with Crippen molar-refractivity contribution in [3.8, 4) is 5.75 Å². The van der Waals surface area contributed by atoms with Gasteiger partial charge in [0.2, 0.25) is 0 Å². The Kier molecular flexibility index (Phi) is 7.64. The quantitative estimate of drug-likeness (QED) is 0.317. The number of carbonyl (C=O) groups excluding carboxylic acids is 1. The first-order chi connectivity index (χ1) is 17.7. The summed E-state index contributed by atoms with van der Waals surface area (Å²) in [6, 6.07) is 6.53. The number of alkyl halides is 3. The molecule has 0 atom stereocenters. The molecule has 1 saturated carbocycles. The van der Waals surface area contributed by atoms with E-state index < -0.39 is 26.1 Å². The summed E-state index contributed by atoms with van der Waals surface area (Å²) < 4.78 is 52.1. The average molecular weight is 550 g/mol. The fourth-order valence-corrected chi connectivity index (χ4v) is 5.28. The van der Waals surface area contributed by atoms with Gasteiger partial charge in [0.25, 0.3) is 14.2 Å². The summed E-state index contributed by atoms with van der Waals surface area (Å²) in [5.74, 6) is 0.609. The van der Waals surface area contributed by atoms with Crippen LogP contribution in [0.15, 0.2) is 34.7 Å². The molecule has 2 aromatic heterocycles. The van der Waals surface area contributed by atoms with Crippen LogP contribution in [0.4, 0.5) is 18.9 Å². The first-order valence-electron chi connectivity index (χ1n) is 12.8. The highest BCUT2D eigenvalue weighted by Gasteiger charge is 2.40. The molecule has 4 rings (SSSR count). The van der Waals surface area contributed by atoms with Crippen LogP contribution >= 0.6 is 0 Å². The number of hydrogen-bond donors (Lipinski definition) is 2. The van der Waals surface area contributed by atoms with Crippen LogP contribution in [0.25, 0.3) is 11.1 Å². The van der Waals surface area contributed by atoms with E-state index in [0.717, 1.165) is 37.8 Å². The standard InChI is InChI=1S/C27H34F3N3O4Si/c1-26(2,3)38(4,5)37-22-14-19-21(36-25(33-19)17-11-9-16(15-34)10-12-17)13-20(22)32-24(35)18-7-6-8-23(31-18)27(28,29)30/h6-8,13-14,16-17,34H,9-12,15H2,1-5H3,(H,32,35). The van der Waals surface area contributed by atoms with Crippen LogP contribution in [0, 0.1) is 5.92 Å². The van der Waals surface area contributed by atoms with E-state index in [0.29, 0.717) is 28.7 Å². The maximum Gasteiger partial charge on any atom is 0.433 e. The lowest BCUT2D eigenvalue weighted by molar-refractivity contribution is -0.141. The van der Waals surface area contributed by atoms with Crippen molar-refractivity contribution in [3.63, 3.8) is 0 Å². The Morgan fingerprint density at radius 3 is 2.42 bits per heavy atom. The number of nitrogens with zero attached hydrogens (tertiary/aromatic N) is 2. The molecule has 0 aliphatic heterocycles. The van der Waals surface area contributed by atoms with E-state index in [1.54, 1.807) is 12.1 Å². The smallest absolute Gasteiger partial charge is 0.433 e. The minimum atomic E-state index is -4.67. The number of benzene rings is 1. The Balaban J connectivity index is 1.70. The summed E-state index contributed by atoms with van der Waals surface area (Å²) in [6.45, 7) is 10.5. The molecule has 2 N–H and O–H groups in total. The molecule has 0 spiro atoms. The van der Waals surface area contributed by atoms with Gasteiger partial charge in [0, 0.05) is 24.7 Å². The number of amides is 1. The van der Waals surface area contributed by atoms with Gasteiger partial charge in [-0.1, -0.05) is 26.8 Å². The van der Waals surface area contributed by atoms with E-state index in [4.69, 9.17) is 13.8 Å². The Hall–Kier alpha value is -2.92. The zero-order valence-corrected chi connectivity index (χ0v) is 23.3.